The van der Waals surface area contributed by atoms with E-state index in [0.29, 0.717) is 29.6 Å². The Bertz CT molecular complexity index is 832. The van der Waals surface area contributed by atoms with Gasteiger partial charge in [-0.1, -0.05) is 13.8 Å². The SMILES string of the molecule is B[C@]12C[C@@H](OC(C)=O)CC[C@]13C1CC[C@]4(C)[C@@H]([C@H](C)CCC(=O)OC)CC[C@H]4[C@@H]1C[C@H]2O[C@@H]3C. The van der Waals surface area contributed by atoms with Gasteiger partial charge in [0.15, 0.2) is 0 Å². The molecule has 6 heteroatoms. The van der Waals surface area contributed by atoms with Gasteiger partial charge in [-0.15, -0.1) is 0 Å². The maximum absolute atomic E-state index is 11.8. The first-order valence-corrected chi connectivity index (χ1v) is 14.0. The molecule has 4 aliphatic carbocycles. The van der Waals surface area contributed by atoms with Crippen molar-refractivity contribution in [2.24, 2.45) is 40.4 Å². The summed E-state index contributed by atoms with van der Waals surface area (Å²) in [5.74, 6) is 3.25. The lowest BCUT2D eigenvalue weighted by atomic mass is 9.34. The van der Waals surface area contributed by atoms with Gasteiger partial charge in [0.2, 0.25) is 0 Å². The summed E-state index contributed by atoms with van der Waals surface area (Å²) in [5.41, 5.74) is 0.589. The zero-order valence-corrected chi connectivity index (χ0v) is 22.2. The quantitative estimate of drug-likeness (QED) is 0.428. The van der Waals surface area contributed by atoms with Gasteiger partial charge >= 0.3 is 11.9 Å². The summed E-state index contributed by atoms with van der Waals surface area (Å²) in [5, 5.41) is 0.103. The minimum atomic E-state index is -0.147. The van der Waals surface area contributed by atoms with Gasteiger partial charge in [-0.2, -0.15) is 0 Å². The number of methoxy groups -OCH3 is 1. The fourth-order valence-electron chi connectivity index (χ4n) is 10.8. The molecule has 190 valence electrons. The zero-order chi connectivity index (χ0) is 24.5. The molecule has 5 nitrogen and oxygen atoms in total. The molecule has 0 radical (unpaired) electrons. The summed E-state index contributed by atoms with van der Waals surface area (Å²) in [6.45, 7) is 8.83. The summed E-state index contributed by atoms with van der Waals surface area (Å²) < 4.78 is 17.5. The molecule has 11 atom stereocenters. The minimum absolute atomic E-state index is 0.0453. The number of rotatable bonds is 5. The van der Waals surface area contributed by atoms with Crippen molar-refractivity contribution >= 4 is 19.8 Å². The van der Waals surface area contributed by atoms with Crippen LogP contribution in [0.3, 0.4) is 0 Å². The predicted molar refractivity (Wildman–Crippen MR) is 133 cm³/mol. The minimum Gasteiger partial charge on any atom is -0.469 e. The van der Waals surface area contributed by atoms with Crippen LogP contribution < -0.4 is 0 Å². The van der Waals surface area contributed by atoms with Gasteiger partial charge in [0.05, 0.1) is 19.3 Å². The number of esters is 2. The van der Waals surface area contributed by atoms with E-state index in [2.05, 4.69) is 28.6 Å². The molecule has 0 N–H and O–H groups in total. The highest BCUT2D eigenvalue weighted by Gasteiger charge is 2.73. The van der Waals surface area contributed by atoms with Crippen LogP contribution in [0.5, 0.6) is 0 Å². The molecule has 0 aromatic rings. The molecule has 1 saturated heterocycles. The number of carbonyl (C=O) groups is 2. The van der Waals surface area contributed by atoms with Crippen LogP contribution in [-0.2, 0) is 23.8 Å². The lowest BCUT2D eigenvalue weighted by molar-refractivity contribution is -0.157. The van der Waals surface area contributed by atoms with Crippen LogP contribution in [0, 0.1) is 40.4 Å². The van der Waals surface area contributed by atoms with Gasteiger partial charge in [0.25, 0.3) is 0 Å². The molecule has 0 spiro atoms. The number of ether oxygens (including phenoxy) is 3. The van der Waals surface area contributed by atoms with E-state index in [1.54, 1.807) is 6.92 Å². The van der Waals surface area contributed by atoms with Crippen LogP contribution in [0.25, 0.3) is 0 Å². The normalized spacial score (nSPS) is 50.0. The van der Waals surface area contributed by atoms with Crippen molar-refractivity contribution in [3.8, 4) is 0 Å². The van der Waals surface area contributed by atoms with Crippen molar-refractivity contribution in [1.29, 1.82) is 0 Å². The first-order chi connectivity index (χ1) is 16.1. The maximum atomic E-state index is 11.8. The van der Waals surface area contributed by atoms with Gasteiger partial charge in [-0.3, -0.25) is 9.59 Å². The molecule has 4 saturated carbocycles. The van der Waals surface area contributed by atoms with Crippen LogP contribution in [0.4, 0.5) is 0 Å². The Morgan fingerprint density at radius 2 is 1.91 bits per heavy atom. The molecule has 5 aliphatic rings. The van der Waals surface area contributed by atoms with Crippen molar-refractivity contribution in [1.82, 2.24) is 0 Å². The molecule has 34 heavy (non-hydrogen) atoms. The van der Waals surface area contributed by atoms with Gasteiger partial charge in [0, 0.05) is 18.8 Å². The highest BCUT2D eigenvalue weighted by Crippen LogP contribution is 2.77. The summed E-state index contributed by atoms with van der Waals surface area (Å²) in [6.07, 6.45) is 11.6. The molecule has 2 bridgehead atoms. The summed E-state index contributed by atoms with van der Waals surface area (Å²) in [6, 6.07) is 0. The van der Waals surface area contributed by atoms with E-state index in [0.717, 1.165) is 37.5 Å². The Morgan fingerprint density at radius 3 is 2.62 bits per heavy atom. The zero-order valence-electron chi connectivity index (χ0n) is 22.2. The Morgan fingerprint density at radius 1 is 1.15 bits per heavy atom. The van der Waals surface area contributed by atoms with Crippen molar-refractivity contribution in [2.45, 2.75) is 116 Å². The van der Waals surface area contributed by atoms with Crippen LogP contribution >= 0.6 is 0 Å². The molecule has 1 heterocycles. The van der Waals surface area contributed by atoms with Crippen LogP contribution in [0.2, 0.25) is 5.31 Å². The Labute approximate surface area is 206 Å². The predicted octanol–water partition coefficient (Wildman–Crippen LogP) is 4.72. The Hall–Kier alpha value is -1.04. The van der Waals surface area contributed by atoms with Crippen LogP contribution in [0.1, 0.15) is 91.9 Å². The van der Waals surface area contributed by atoms with E-state index in [1.165, 1.54) is 39.2 Å². The highest BCUT2D eigenvalue weighted by molar-refractivity contribution is 6.17. The second-order valence-corrected chi connectivity index (χ2v) is 13.1. The lowest BCUT2D eigenvalue weighted by Gasteiger charge is -2.64. The molecule has 0 amide bonds. The topological polar surface area (TPSA) is 61.8 Å². The average molecular weight is 472 g/mol. The van der Waals surface area contributed by atoms with Crippen LogP contribution in [0.15, 0.2) is 0 Å². The molecule has 0 aromatic heterocycles. The molecule has 5 rings (SSSR count). The third-order valence-electron chi connectivity index (χ3n) is 12.1. The molecule has 5 fully saturated rings. The standard InChI is InChI=1S/C28H45BO5/c1-16(6-9-25(31)32-5)21-7-8-22-20-14-24-28(29)15-19(34-18(3)30)10-13-27(28,17(2)33-24)23(20)11-12-26(21,22)4/h16-17,19-24H,6-15,29H2,1-5H3/t16-,17-,19+,20+,21-,22+,23?,24-,26-,27+,28+/m1/s1. The van der Waals surface area contributed by atoms with E-state index in [-0.39, 0.29) is 41.0 Å². The number of carbonyl (C=O) groups excluding carboxylic acids is 2. The Kier molecular flexibility index (Phi) is 6.18. The van der Waals surface area contributed by atoms with Crippen molar-refractivity contribution in [2.75, 3.05) is 7.11 Å². The average Bonchev–Trinajstić information content (AvgIpc) is 3.19. The molecular weight excluding hydrogens is 427 g/mol. The van der Waals surface area contributed by atoms with Crippen molar-refractivity contribution in [3.63, 3.8) is 0 Å². The van der Waals surface area contributed by atoms with E-state index in [1.807, 2.05) is 0 Å². The number of hydrogen-bond donors (Lipinski definition) is 0. The molecular formula is C28H45BO5. The van der Waals surface area contributed by atoms with E-state index >= 15 is 0 Å². The van der Waals surface area contributed by atoms with Gasteiger partial charge < -0.3 is 14.2 Å². The monoisotopic (exact) mass is 472 g/mol. The smallest absolute Gasteiger partial charge is 0.305 e. The third kappa shape index (κ3) is 3.36. The Balaban J connectivity index is 1.38. The highest BCUT2D eigenvalue weighted by atomic mass is 16.5. The van der Waals surface area contributed by atoms with Crippen molar-refractivity contribution < 1.29 is 23.8 Å². The third-order valence-corrected chi connectivity index (χ3v) is 12.1. The van der Waals surface area contributed by atoms with Crippen molar-refractivity contribution in [3.05, 3.63) is 0 Å². The van der Waals surface area contributed by atoms with E-state index < -0.39 is 0 Å². The second kappa shape index (κ2) is 8.52. The number of hydrogen-bond acceptors (Lipinski definition) is 5. The first kappa shape index (κ1) is 24.7. The fraction of sp³-hybridized carbons (Fsp3) is 0.929. The van der Waals surface area contributed by atoms with E-state index in [9.17, 15) is 9.59 Å². The van der Waals surface area contributed by atoms with Gasteiger partial charge in [-0.25, -0.2) is 0 Å². The molecule has 1 unspecified atom stereocenters. The largest absolute Gasteiger partial charge is 0.469 e. The van der Waals surface area contributed by atoms with E-state index in [4.69, 9.17) is 14.2 Å². The molecule has 0 aromatic carbocycles. The summed E-state index contributed by atoms with van der Waals surface area (Å²) >= 11 is 0. The summed E-state index contributed by atoms with van der Waals surface area (Å²) in [4.78, 5) is 23.5. The molecule has 1 aliphatic heterocycles. The first-order valence-electron chi connectivity index (χ1n) is 14.0. The van der Waals surface area contributed by atoms with Gasteiger partial charge in [0.1, 0.15) is 14.0 Å². The van der Waals surface area contributed by atoms with Crippen LogP contribution in [-0.4, -0.2) is 45.2 Å². The maximum Gasteiger partial charge on any atom is 0.305 e. The lowest BCUT2D eigenvalue weighted by Crippen LogP contribution is -2.60. The van der Waals surface area contributed by atoms with Gasteiger partial charge in [-0.05, 0) is 105 Å². The number of fused-ring (bicyclic) bond motifs is 3. The summed E-state index contributed by atoms with van der Waals surface area (Å²) in [7, 11) is 3.96. The second-order valence-electron chi connectivity index (χ2n) is 13.1. The fourth-order valence-corrected chi connectivity index (χ4v) is 10.8.